The van der Waals surface area contributed by atoms with E-state index in [0.29, 0.717) is 22.2 Å². The molecule has 2 N–H and O–H groups in total. The zero-order chi connectivity index (χ0) is 17.1. The maximum atomic E-state index is 13.5. The van der Waals surface area contributed by atoms with E-state index in [9.17, 15) is 14.0 Å². The number of nitrogens with one attached hydrogen (secondary N) is 2. The molecule has 120 valence electrons. The van der Waals surface area contributed by atoms with Gasteiger partial charge in [-0.15, -0.1) is 0 Å². The zero-order valence-electron chi connectivity index (χ0n) is 12.7. The summed E-state index contributed by atoms with van der Waals surface area (Å²) in [4.78, 5) is 32.4. The number of rotatable bonds is 2. The Bertz CT molecular complexity index is 929. The van der Waals surface area contributed by atoms with Crippen LogP contribution in [0, 0.1) is 12.7 Å². The molecule has 6 nitrogen and oxygen atoms in total. The Balaban J connectivity index is 1.84. The van der Waals surface area contributed by atoms with Crippen molar-refractivity contribution >= 4 is 22.7 Å². The van der Waals surface area contributed by atoms with Gasteiger partial charge in [-0.3, -0.25) is 30.4 Å². The number of nitrogens with zero attached hydrogens (tertiary/aromatic N) is 2. The highest BCUT2D eigenvalue weighted by Crippen LogP contribution is 2.19. The van der Waals surface area contributed by atoms with Crippen LogP contribution in [-0.2, 0) is 0 Å². The van der Waals surface area contributed by atoms with E-state index in [0.717, 1.165) is 0 Å². The fraction of sp³-hybridized carbons (Fsp3) is 0.0588. The standard InChI is InChI=1S/C17H13FN4O2/c1-10-7-14(13-8-12(18)4-5-15(13)20-10)17(24)22-21-16(23)11-3-2-6-19-9-11/h2-9H,1H3,(H,21,23)(H,22,24). The highest BCUT2D eigenvalue weighted by Gasteiger charge is 2.14. The number of aryl methyl sites for hydroxylation is 1. The van der Waals surface area contributed by atoms with Crippen molar-refractivity contribution < 1.29 is 14.0 Å². The van der Waals surface area contributed by atoms with Gasteiger partial charge in [-0.2, -0.15) is 0 Å². The van der Waals surface area contributed by atoms with Crippen molar-refractivity contribution in [1.29, 1.82) is 0 Å². The molecule has 0 saturated heterocycles. The SMILES string of the molecule is Cc1cc(C(=O)NNC(=O)c2cccnc2)c2cc(F)ccc2n1. The number of halogens is 1. The molecule has 2 aromatic heterocycles. The summed E-state index contributed by atoms with van der Waals surface area (Å²) in [6, 6.07) is 8.73. The minimum absolute atomic E-state index is 0.225. The van der Waals surface area contributed by atoms with Crippen LogP contribution < -0.4 is 10.9 Å². The molecule has 1 aromatic carbocycles. The van der Waals surface area contributed by atoms with Crippen molar-refractivity contribution in [3.05, 3.63) is 71.4 Å². The summed E-state index contributed by atoms with van der Waals surface area (Å²) in [5.41, 5.74) is 6.26. The number of hydrogen-bond acceptors (Lipinski definition) is 4. The van der Waals surface area contributed by atoms with Crippen molar-refractivity contribution in [3.8, 4) is 0 Å². The van der Waals surface area contributed by atoms with Gasteiger partial charge in [0.1, 0.15) is 5.82 Å². The number of aromatic nitrogens is 2. The van der Waals surface area contributed by atoms with Crippen molar-refractivity contribution in [2.45, 2.75) is 6.92 Å². The van der Waals surface area contributed by atoms with Gasteiger partial charge in [0.15, 0.2) is 0 Å². The Morgan fingerprint density at radius 1 is 1.08 bits per heavy atom. The Labute approximate surface area is 136 Å². The van der Waals surface area contributed by atoms with E-state index < -0.39 is 17.6 Å². The molecule has 0 spiro atoms. The molecule has 2 heterocycles. The predicted molar refractivity (Wildman–Crippen MR) is 85.6 cm³/mol. The van der Waals surface area contributed by atoms with Gasteiger partial charge in [0.2, 0.25) is 0 Å². The first-order valence-corrected chi connectivity index (χ1v) is 7.12. The van der Waals surface area contributed by atoms with Gasteiger partial charge < -0.3 is 0 Å². The molecule has 0 saturated carbocycles. The molecule has 0 atom stereocenters. The minimum Gasteiger partial charge on any atom is -0.267 e. The molecule has 7 heteroatoms. The van der Waals surface area contributed by atoms with E-state index in [1.165, 1.54) is 36.7 Å². The van der Waals surface area contributed by atoms with Crippen molar-refractivity contribution in [2.75, 3.05) is 0 Å². The number of hydrazine groups is 1. The Kier molecular flexibility index (Phi) is 4.15. The van der Waals surface area contributed by atoms with E-state index in [-0.39, 0.29) is 5.56 Å². The summed E-state index contributed by atoms with van der Waals surface area (Å²) in [5, 5.41) is 0.369. The lowest BCUT2D eigenvalue weighted by atomic mass is 10.1. The molecule has 0 radical (unpaired) electrons. The summed E-state index contributed by atoms with van der Waals surface area (Å²) in [5.74, 6) is -1.53. The van der Waals surface area contributed by atoms with E-state index in [1.54, 1.807) is 19.1 Å². The van der Waals surface area contributed by atoms with Gasteiger partial charge in [0, 0.05) is 23.5 Å². The molecule has 0 fully saturated rings. The van der Waals surface area contributed by atoms with E-state index in [2.05, 4.69) is 20.8 Å². The summed E-state index contributed by atoms with van der Waals surface area (Å²) < 4.78 is 13.5. The number of carbonyl (C=O) groups is 2. The third-order valence-corrected chi connectivity index (χ3v) is 3.36. The second kappa shape index (κ2) is 6.41. The van der Waals surface area contributed by atoms with Crippen molar-refractivity contribution in [2.24, 2.45) is 0 Å². The summed E-state index contributed by atoms with van der Waals surface area (Å²) >= 11 is 0. The predicted octanol–water partition coefficient (Wildman–Crippen LogP) is 2.15. The first-order chi connectivity index (χ1) is 11.5. The number of amides is 2. The van der Waals surface area contributed by atoms with Gasteiger partial charge >= 0.3 is 0 Å². The Morgan fingerprint density at radius 3 is 2.62 bits per heavy atom. The molecule has 2 amide bonds. The fourth-order valence-electron chi connectivity index (χ4n) is 2.27. The van der Waals surface area contributed by atoms with Crippen LogP contribution >= 0.6 is 0 Å². The lowest BCUT2D eigenvalue weighted by molar-refractivity contribution is 0.0847. The molecule has 0 unspecified atom stereocenters. The molecule has 0 bridgehead atoms. The molecule has 3 aromatic rings. The number of pyridine rings is 2. The number of hydrogen-bond donors (Lipinski definition) is 2. The lowest BCUT2D eigenvalue weighted by Crippen LogP contribution is -2.41. The lowest BCUT2D eigenvalue weighted by Gasteiger charge is -2.10. The molecular weight excluding hydrogens is 311 g/mol. The van der Waals surface area contributed by atoms with Gasteiger partial charge in [-0.25, -0.2) is 4.39 Å². The molecule has 3 rings (SSSR count). The highest BCUT2D eigenvalue weighted by atomic mass is 19.1. The third kappa shape index (κ3) is 3.19. The minimum atomic E-state index is -0.562. The largest absolute Gasteiger partial charge is 0.271 e. The van der Waals surface area contributed by atoms with Crippen molar-refractivity contribution in [3.63, 3.8) is 0 Å². The molecule has 0 aliphatic carbocycles. The van der Waals surface area contributed by atoms with Gasteiger partial charge in [-0.1, -0.05) is 0 Å². The van der Waals surface area contributed by atoms with Gasteiger partial charge in [0.05, 0.1) is 16.6 Å². The second-order valence-corrected chi connectivity index (χ2v) is 5.12. The fourth-order valence-corrected chi connectivity index (χ4v) is 2.27. The smallest absolute Gasteiger partial charge is 0.267 e. The number of fused-ring (bicyclic) bond motifs is 1. The van der Waals surface area contributed by atoms with Crippen LogP contribution in [0.4, 0.5) is 4.39 Å². The molecule has 0 aliphatic heterocycles. The number of benzene rings is 1. The van der Waals surface area contributed by atoms with Gasteiger partial charge in [-0.05, 0) is 43.3 Å². The van der Waals surface area contributed by atoms with Crippen LogP contribution in [0.1, 0.15) is 26.4 Å². The van der Waals surface area contributed by atoms with Crippen LogP contribution in [-0.4, -0.2) is 21.8 Å². The average Bonchev–Trinajstić information content (AvgIpc) is 2.59. The maximum absolute atomic E-state index is 13.5. The zero-order valence-corrected chi connectivity index (χ0v) is 12.7. The quantitative estimate of drug-likeness (QED) is 0.708. The Morgan fingerprint density at radius 2 is 1.88 bits per heavy atom. The second-order valence-electron chi connectivity index (χ2n) is 5.12. The van der Waals surface area contributed by atoms with Gasteiger partial charge in [0.25, 0.3) is 11.8 Å². The summed E-state index contributed by atoms with van der Waals surface area (Å²) in [6.45, 7) is 1.73. The van der Waals surface area contributed by atoms with E-state index >= 15 is 0 Å². The number of carbonyl (C=O) groups excluding carboxylic acids is 2. The first-order valence-electron chi connectivity index (χ1n) is 7.12. The molecule has 24 heavy (non-hydrogen) atoms. The van der Waals surface area contributed by atoms with Crippen LogP contribution in [0.5, 0.6) is 0 Å². The van der Waals surface area contributed by atoms with E-state index in [4.69, 9.17) is 0 Å². The normalized spacial score (nSPS) is 10.4. The summed E-state index contributed by atoms with van der Waals surface area (Å²) in [7, 11) is 0. The monoisotopic (exact) mass is 324 g/mol. The average molecular weight is 324 g/mol. The summed E-state index contributed by atoms with van der Waals surface area (Å²) in [6.07, 6.45) is 2.92. The molecular formula is C17H13FN4O2. The van der Waals surface area contributed by atoms with E-state index in [1.807, 2.05) is 0 Å². The van der Waals surface area contributed by atoms with Crippen LogP contribution in [0.2, 0.25) is 0 Å². The first kappa shape index (κ1) is 15.5. The maximum Gasteiger partial charge on any atom is 0.271 e. The highest BCUT2D eigenvalue weighted by molar-refractivity contribution is 6.07. The third-order valence-electron chi connectivity index (χ3n) is 3.36. The van der Waals surface area contributed by atoms with Crippen molar-refractivity contribution in [1.82, 2.24) is 20.8 Å². The Hall–Kier alpha value is -3.35. The van der Waals surface area contributed by atoms with Crippen LogP contribution in [0.25, 0.3) is 10.9 Å². The van der Waals surface area contributed by atoms with Crippen LogP contribution in [0.15, 0.2) is 48.8 Å². The molecule has 0 aliphatic rings. The topological polar surface area (TPSA) is 84.0 Å². The van der Waals surface area contributed by atoms with Crippen LogP contribution in [0.3, 0.4) is 0 Å².